The minimum atomic E-state index is -0.627. The van der Waals surface area contributed by atoms with E-state index < -0.39 is 6.17 Å². The first kappa shape index (κ1) is 10.1. The van der Waals surface area contributed by atoms with Gasteiger partial charge in [-0.15, -0.1) is 0 Å². The van der Waals surface area contributed by atoms with E-state index in [2.05, 4.69) is 27.5 Å². The molecule has 0 radical (unpaired) electrons. The van der Waals surface area contributed by atoms with Crippen molar-refractivity contribution in [2.45, 2.75) is 31.0 Å². The summed E-state index contributed by atoms with van der Waals surface area (Å²) in [6, 6.07) is 0. The predicted octanol–water partition coefficient (Wildman–Crippen LogP) is 1.97. The lowest BCUT2D eigenvalue weighted by molar-refractivity contribution is 0.0617. The zero-order chi connectivity index (χ0) is 9.31. The van der Waals surface area contributed by atoms with Crippen LogP contribution in [0.2, 0.25) is 0 Å². The van der Waals surface area contributed by atoms with Gasteiger partial charge in [0.1, 0.15) is 6.17 Å². The minimum absolute atomic E-state index is 0.0601. The monoisotopic (exact) mass is 299 g/mol. The van der Waals surface area contributed by atoms with Gasteiger partial charge in [0.15, 0.2) is 0 Å². The van der Waals surface area contributed by atoms with Gasteiger partial charge < -0.3 is 4.74 Å². The van der Waals surface area contributed by atoms with Crippen LogP contribution in [-0.2, 0) is 4.74 Å². The number of halogens is 2. The van der Waals surface area contributed by atoms with Crippen LogP contribution in [0.5, 0.6) is 0 Å². The third-order valence-electron chi connectivity index (χ3n) is 3.21. The minimum Gasteiger partial charge on any atom is -0.369 e. The van der Waals surface area contributed by atoms with Crippen molar-refractivity contribution in [3.63, 3.8) is 0 Å². The van der Waals surface area contributed by atoms with Crippen molar-refractivity contribution in [3.05, 3.63) is 0 Å². The molecule has 2 heterocycles. The maximum absolute atomic E-state index is 13.2. The lowest BCUT2D eigenvalue weighted by Crippen LogP contribution is -2.42. The van der Waals surface area contributed by atoms with Crippen molar-refractivity contribution in [1.29, 1.82) is 0 Å². The van der Waals surface area contributed by atoms with E-state index in [4.69, 9.17) is 4.74 Å². The number of alkyl halides is 2. The molecule has 0 spiro atoms. The molecule has 0 aromatic rings. The fraction of sp³-hybridized carbons (Fsp3) is 1.00. The fourth-order valence-electron chi connectivity index (χ4n) is 2.68. The van der Waals surface area contributed by atoms with Crippen molar-refractivity contribution in [2.24, 2.45) is 0 Å². The van der Waals surface area contributed by atoms with E-state index in [1.807, 2.05) is 0 Å². The maximum atomic E-state index is 13.2. The fourth-order valence-corrected chi connectivity index (χ4v) is 2.90. The Morgan fingerprint density at radius 2 is 2.46 bits per heavy atom. The van der Waals surface area contributed by atoms with E-state index in [1.165, 1.54) is 6.42 Å². The van der Waals surface area contributed by atoms with Gasteiger partial charge >= 0.3 is 0 Å². The molecule has 4 heteroatoms. The number of hydrogen-bond acceptors (Lipinski definition) is 2. The smallest absolute Gasteiger partial charge is 0.115 e. The van der Waals surface area contributed by atoms with Gasteiger partial charge in [-0.3, -0.25) is 4.90 Å². The second kappa shape index (κ2) is 3.98. The maximum Gasteiger partial charge on any atom is 0.115 e. The molecule has 0 N–H and O–H groups in total. The molecule has 13 heavy (non-hydrogen) atoms. The molecule has 2 aliphatic heterocycles. The molecule has 2 saturated heterocycles. The molecule has 0 aromatic carbocycles. The van der Waals surface area contributed by atoms with Gasteiger partial charge in [0.2, 0.25) is 0 Å². The van der Waals surface area contributed by atoms with Crippen LogP contribution in [0.1, 0.15) is 19.3 Å². The van der Waals surface area contributed by atoms with Crippen LogP contribution >= 0.6 is 22.6 Å². The summed E-state index contributed by atoms with van der Waals surface area (Å²) in [6.45, 7) is 2.41. The molecule has 2 atom stereocenters. The lowest BCUT2D eigenvalue weighted by Gasteiger charge is -2.30. The highest BCUT2D eigenvalue weighted by Crippen LogP contribution is 2.40. The first-order valence-corrected chi connectivity index (χ1v) is 6.32. The summed E-state index contributed by atoms with van der Waals surface area (Å²) in [4.78, 5) is 2.28. The highest BCUT2D eigenvalue weighted by molar-refractivity contribution is 14.1. The highest BCUT2D eigenvalue weighted by Gasteiger charge is 2.48. The number of ether oxygens (including phenoxy) is 1. The van der Waals surface area contributed by atoms with Crippen LogP contribution in [-0.4, -0.2) is 40.9 Å². The van der Waals surface area contributed by atoms with Crippen molar-refractivity contribution in [3.8, 4) is 0 Å². The molecule has 2 fully saturated rings. The summed E-state index contributed by atoms with van der Waals surface area (Å²) < 4.78 is 19.4. The van der Waals surface area contributed by atoms with Crippen LogP contribution < -0.4 is 0 Å². The van der Waals surface area contributed by atoms with Gasteiger partial charge in [-0.1, -0.05) is 22.6 Å². The Bertz CT molecular complexity index is 192. The van der Waals surface area contributed by atoms with E-state index in [0.29, 0.717) is 17.6 Å². The summed E-state index contributed by atoms with van der Waals surface area (Å²) in [5.74, 6) is 0. The molecule has 0 bridgehead atoms. The summed E-state index contributed by atoms with van der Waals surface area (Å²) in [5.41, 5.74) is 0.0601. The lowest BCUT2D eigenvalue weighted by atomic mass is 9.95. The molecule has 0 amide bonds. The van der Waals surface area contributed by atoms with Gasteiger partial charge in [-0.05, 0) is 19.4 Å². The molecule has 0 saturated carbocycles. The largest absolute Gasteiger partial charge is 0.369 e. The number of rotatable bonds is 3. The molecular weight excluding hydrogens is 284 g/mol. The molecule has 2 nitrogen and oxygen atoms in total. The van der Waals surface area contributed by atoms with Gasteiger partial charge in [0.05, 0.1) is 11.2 Å². The predicted molar refractivity (Wildman–Crippen MR) is 57.9 cm³/mol. The quantitative estimate of drug-likeness (QED) is 0.583. The van der Waals surface area contributed by atoms with E-state index in [9.17, 15) is 4.39 Å². The van der Waals surface area contributed by atoms with Crippen LogP contribution in [0.15, 0.2) is 0 Å². The van der Waals surface area contributed by atoms with Crippen LogP contribution in [0.4, 0.5) is 4.39 Å². The van der Waals surface area contributed by atoms with Gasteiger partial charge in [-0.2, -0.15) is 0 Å². The van der Waals surface area contributed by atoms with Gasteiger partial charge in [0.25, 0.3) is 0 Å². The molecule has 2 aliphatic rings. The van der Waals surface area contributed by atoms with Crippen LogP contribution in [0.25, 0.3) is 0 Å². The Morgan fingerprint density at radius 1 is 1.62 bits per heavy atom. The Labute approximate surface area is 91.9 Å². The topological polar surface area (TPSA) is 12.5 Å². The highest BCUT2D eigenvalue weighted by atomic mass is 127. The van der Waals surface area contributed by atoms with E-state index >= 15 is 0 Å². The van der Waals surface area contributed by atoms with Crippen molar-refractivity contribution in [1.82, 2.24) is 4.90 Å². The Balaban J connectivity index is 2.00. The second-order valence-electron chi connectivity index (χ2n) is 4.03. The third-order valence-corrected chi connectivity index (χ3v) is 3.65. The first-order chi connectivity index (χ1) is 6.27. The summed E-state index contributed by atoms with van der Waals surface area (Å²) in [5, 5.41) is 0. The standard InChI is InChI=1S/C9H15FINO/c10-8-4-9(6-13-7-11)2-1-3-12(9)5-8/h8H,1-7H2. The summed E-state index contributed by atoms with van der Waals surface area (Å²) in [7, 11) is 0. The normalized spacial score (nSPS) is 39.7. The van der Waals surface area contributed by atoms with Gasteiger partial charge in [-0.25, -0.2) is 4.39 Å². The van der Waals surface area contributed by atoms with Crippen molar-refractivity contribution in [2.75, 3.05) is 24.3 Å². The number of nitrogens with zero attached hydrogens (tertiary/aromatic N) is 1. The van der Waals surface area contributed by atoms with Crippen LogP contribution in [0, 0.1) is 0 Å². The summed E-state index contributed by atoms with van der Waals surface area (Å²) in [6.07, 6.45) is 2.38. The van der Waals surface area contributed by atoms with Crippen molar-refractivity contribution >= 4 is 22.6 Å². The van der Waals surface area contributed by atoms with E-state index in [0.717, 1.165) is 19.6 Å². The third kappa shape index (κ3) is 1.85. The molecule has 0 aliphatic carbocycles. The summed E-state index contributed by atoms with van der Waals surface area (Å²) >= 11 is 2.20. The van der Waals surface area contributed by atoms with Gasteiger partial charge in [0, 0.05) is 18.5 Å². The Morgan fingerprint density at radius 3 is 3.23 bits per heavy atom. The Kier molecular flexibility index (Phi) is 3.10. The molecular formula is C9H15FINO. The number of fused-ring (bicyclic) bond motifs is 1. The molecule has 76 valence electrons. The molecule has 2 rings (SSSR count). The van der Waals surface area contributed by atoms with Crippen LogP contribution in [0.3, 0.4) is 0 Å². The second-order valence-corrected chi connectivity index (χ2v) is 4.66. The molecule has 2 unspecified atom stereocenters. The SMILES string of the molecule is FC1CN2CCCC2(COCI)C1. The Hall–Kier alpha value is 0.580. The van der Waals surface area contributed by atoms with Crippen molar-refractivity contribution < 1.29 is 9.13 Å². The van der Waals surface area contributed by atoms with E-state index in [1.54, 1.807) is 0 Å². The zero-order valence-electron chi connectivity index (χ0n) is 7.64. The van der Waals surface area contributed by atoms with E-state index in [-0.39, 0.29) is 5.54 Å². The first-order valence-electron chi connectivity index (χ1n) is 4.80. The zero-order valence-corrected chi connectivity index (χ0v) is 9.80. The molecule has 0 aromatic heterocycles. The average Bonchev–Trinajstić information content (AvgIpc) is 2.57. The average molecular weight is 299 g/mol. The number of hydrogen-bond donors (Lipinski definition) is 0.